The molecule has 2 aromatic carbocycles. The van der Waals surface area contributed by atoms with E-state index in [0.717, 1.165) is 5.69 Å². The number of hydrogen-bond donors (Lipinski definition) is 4. The summed E-state index contributed by atoms with van der Waals surface area (Å²) in [7, 11) is -4.67. The second kappa shape index (κ2) is 7.39. The third-order valence-electron chi connectivity index (χ3n) is 2.24. The maximum atomic E-state index is 11.8. The molecule has 7 nitrogen and oxygen atoms in total. The summed E-state index contributed by atoms with van der Waals surface area (Å²) >= 11 is 0. The van der Waals surface area contributed by atoms with Gasteiger partial charge in [-0.3, -0.25) is 13.9 Å². The van der Waals surface area contributed by atoms with Gasteiger partial charge in [-0.05, 0) is 24.3 Å². The zero-order valence-electron chi connectivity index (χ0n) is 10.8. The molecule has 5 N–H and O–H groups in total. The third kappa shape index (κ3) is 7.06. The number of hydrogen-bond acceptors (Lipinski definition) is 4. The molecule has 0 heterocycles. The fourth-order valence-corrected chi connectivity index (χ4v) is 1.42. The van der Waals surface area contributed by atoms with Crippen LogP contribution in [0.1, 0.15) is 10.4 Å². The maximum absolute atomic E-state index is 11.8. The van der Waals surface area contributed by atoms with E-state index >= 15 is 0 Å². The molecular formula is C13H14N2O5S. The molecule has 0 unspecified atom stereocenters. The quantitative estimate of drug-likeness (QED) is 0.495. The van der Waals surface area contributed by atoms with Gasteiger partial charge in [-0.2, -0.15) is 8.42 Å². The van der Waals surface area contributed by atoms with Gasteiger partial charge in [0.2, 0.25) is 0 Å². The number of nitrogen functional groups attached to an aromatic ring is 1. The van der Waals surface area contributed by atoms with E-state index in [2.05, 4.69) is 5.32 Å². The molecule has 0 atom stereocenters. The number of carbonyl (C=O) groups excluding carboxylic acids is 1. The molecule has 0 radical (unpaired) electrons. The van der Waals surface area contributed by atoms with Gasteiger partial charge < -0.3 is 11.1 Å². The van der Waals surface area contributed by atoms with Gasteiger partial charge >= 0.3 is 10.4 Å². The first kappa shape index (κ1) is 16.6. The van der Waals surface area contributed by atoms with Crippen LogP contribution in [0.15, 0.2) is 54.6 Å². The molecule has 0 fully saturated rings. The minimum absolute atomic E-state index is 0.190. The SMILES string of the molecule is Nc1ccccc1C(=O)Nc1ccccc1.O=S(=O)(O)O. The summed E-state index contributed by atoms with van der Waals surface area (Å²) in [6, 6.07) is 16.3. The van der Waals surface area contributed by atoms with E-state index in [4.69, 9.17) is 23.3 Å². The zero-order valence-corrected chi connectivity index (χ0v) is 11.6. The Morgan fingerprint density at radius 3 is 1.95 bits per heavy atom. The molecule has 8 heteroatoms. The summed E-state index contributed by atoms with van der Waals surface area (Å²) in [5.41, 5.74) is 7.45. The van der Waals surface area contributed by atoms with Crippen LogP contribution < -0.4 is 11.1 Å². The highest BCUT2D eigenvalue weighted by atomic mass is 32.3. The first-order chi connectivity index (χ1) is 9.77. The second-order valence-corrected chi connectivity index (χ2v) is 4.75. The van der Waals surface area contributed by atoms with Crippen molar-refractivity contribution in [3.8, 4) is 0 Å². The van der Waals surface area contributed by atoms with Crippen LogP contribution in [-0.4, -0.2) is 23.4 Å². The standard InChI is InChI=1S/C13H12N2O.H2O4S/c14-12-9-5-4-8-11(12)13(16)15-10-6-2-1-3-7-10;1-5(2,3)4/h1-9H,14H2,(H,15,16);(H2,1,2,3,4). The lowest BCUT2D eigenvalue weighted by Crippen LogP contribution is -2.13. The van der Waals surface area contributed by atoms with Crippen LogP contribution in [0.4, 0.5) is 11.4 Å². The van der Waals surface area contributed by atoms with Crippen LogP contribution in [0, 0.1) is 0 Å². The molecule has 0 spiro atoms. The number of para-hydroxylation sites is 2. The monoisotopic (exact) mass is 310 g/mol. The molecule has 0 saturated heterocycles. The molecule has 2 aromatic rings. The molecule has 0 aliphatic heterocycles. The van der Waals surface area contributed by atoms with Crippen molar-refractivity contribution in [3.05, 3.63) is 60.2 Å². The Bertz CT molecular complexity index is 694. The van der Waals surface area contributed by atoms with E-state index in [9.17, 15) is 4.79 Å². The Labute approximate surface area is 122 Å². The fraction of sp³-hybridized carbons (Fsp3) is 0. The average molecular weight is 310 g/mol. The molecular weight excluding hydrogens is 296 g/mol. The summed E-state index contributed by atoms with van der Waals surface area (Å²) in [6.45, 7) is 0. The molecule has 0 saturated carbocycles. The molecule has 21 heavy (non-hydrogen) atoms. The molecule has 112 valence electrons. The Kier molecular flexibility index (Phi) is 5.85. The number of rotatable bonds is 2. The van der Waals surface area contributed by atoms with Crippen LogP contribution in [0.25, 0.3) is 0 Å². The lowest BCUT2D eigenvalue weighted by molar-refractivity contribution is 0.102. The second-order valence-electron chi connectivity index (χ2n) is 3.86. The average Bonchev–Trinajstić information content (AvgIpc) is 2.38. The Morgan fingerprint density at radius 2 is 1.43 bits per heavy atom. The topological polar surface area (TPSA) is 130 Å². The first-order valence-corrected chi connectivity index (χ1v) is 7.08. The zero-order chi connectivity index (χ0) is 15.9. The third-order valence-corrected chi connectivity index (χ3v) is 2.24. The predicted octanol–water partition coefficient (Wildman–Crippen LogP) is 1.87. The van der Waals surface area contributed by atoms with Crippen LogP contribution >= 0.6 is 0 Å². The normalized spacial score (nSPS) is 10.2. The molecule has 0 bridgehead atoms. The largest absolute Gasteiger partial charge is 0.398 e. The van der Waals surface area contributed by atoms with Crippen molar-refractivity contribution >= 4 is 27.7 Å². The van der Waals surface area contributed by atoms with Gasteiger partial charge in [0.05, 0.1) is 5.56 Å². The molecule has 0 aliphatic rings. The van der Waals surface area contributed by atoms with E-state index in [1.165, 1.54) is 0 Å². The molecule has 1 amide bonds. The van der Waals surface area contributed by atoms with E-state index < -0.39 is 10.4 Å². The number of amides is 1. The van der Waals surface area contributed by atoms with E-state index in [0.29, 0.717) is 11.3 Å². The highest BCUT2D eigenvalue weighted by Crippen LogP contribution is 2.13. The summed E-state index contributed by atoms with van der Waals surface area (Å²) in [6.07, 6.45) is 0. The summed E-state index contributed by atoms with van der Waals surface area (Å²) < 4.78 is 31.6. The van der Waals surface area contributed by atoms with Crippen molar-refractivity contribution < 1.29 is 22.3 Å². The summed E-state index contributed by atoms with van der Waals surface area (Å²) in [5, 5.41) is 2.78. The molecule has 0 aliphatic carbocycles. The number of anilines is 2. The number of carbonyl (C=O) groups is 1. The van der Waals surface area contributed by atoms with Crippen LogP contribution in [-0.2, 0) is 10.4 Å². The molecule has 0 aromatic heterocycles. The minimum Gasteiger partial charge on any atom is -0.398 e. The van der Waals surface area contributed by atoms with Gasteiger partial charge in [0, 0.05) is 11.4 Å². The van der Waals surface area contributed by atoms with E-state index in [1.807, 2.05) is 30.3 Å². The fourth-order valence-electron chi connectivity index (χ4n) is 1.42. The van der Waals surface area contributed by atoms with Gasteiger partial charge in [-0.25, -0.2) is 0 Å². The van der Waals surface area contributed by atoms with Crippen molar-refractivity contribution in [1.82, 2.24) is 0 Å². The molecule has 2 rings (SSSR count). The van der Waals surface area contributed by atoms with Crippen molar-refractivity contribution in [1.29, 1.82) is 0 Å². The van der Waals surface area contributed by atoms with Gasteiger partial charge in [0.25, 0.3) is 5.91 Å². The Balaban J connectivity index is 0.000000383. The van der Waals surface area contributed by atoms with E-state index in [1.54, 1.807) is 24.3 Å². The highest BCUT2D eigenvalue weighted by molar-refractivity contribution is 7.79. The van der Waals surface area contributed by atoms with Gasteiger partial charge in [-0.15, -0.1) is 0 Å². The van der Waals surface area contributed by atoms with Crippen LogP contribution in [0.5, 0.6) is 0 Å². The van der Waals surface area contributed by atoms with Gasteiger partial charge in [0.15, 0.2) is 0 Å². The number of benzene rings is 2. The Hall–Kier alpha value is -2.42. The summed E-state index contributed by atoms with van der Waals surface area (Å²) in [4.78, 5) is 11.8. The summed E-state index contributed by atoms with van der Waals surface area (Å²) in [5.74, 6) is -0.190. The van der Waals surface area contributed by atoms with Crippen molar-refractivity contribution in [3.63, 3.8) is 0 Å². The van der Waals surface area contributed by atoms with Gasteiger partial charge in [-0.1, -0.05) is 30.3 Å². The van der Waals surface area contributed by atoms with Gasteiger partial charge in [0.1, 0.15) is 0 Å². The van der Waals surface area contributed by atoms with Crippen LogP contribution in [0.3, 0.4) is 0 Å². The highest BCUT2D eigenvalue weighted by Gasteiger charge is 2.08. The van der Waals surface area contributed by atoms with E-state index in [-0.39, 0.29) is 5.91 Å². The lowest BCUT2D eigenvalue weighted by Gasteiger charge is -2.06. The smallest absolute Gasteiger partial charge is 0.394 e. The minimum atomic E-state index is -4.67. The number of nitrogens with one attached hydrogen (secondary N) is 1. The maximum Gasteiger partial charge on any atom is 0.394 e. The number of nitrogens with two attached hydrogens (primary N) is 1. The first-order valence-electron chi connectivity index (χ1n) is 5.68. The predicted molar refractivity (Wildman–Crippen MR) is 79.4 cm³/mol. The van der Waals surface area contributed by atoms with Crippen molar-refractivity contribution in [2.45, 2.75) is 0 Å². The lowest BCUT2D eigenvalue weighted by atomic mass is 10.1. The van der Waals surface area contributed by atoms with Crippen molar-refractivity contribution in [2.75, 3.05) is 11.1 Å². The van der Waals surface area contributed by atoms with Crippen molar-refractivity contribution in [2.24, 2.45) is 0 Å². The van der Waals surface area contributed by atoms with Crippen LogP contribution in [0.2, 0.25) is 0 Å². The Morgan fingerprint density at radius 1 is 0.952 bits per heavy atom.